The minimum atomic E-state index is -0.410. The van der Waals surface area contributed by atoms with E-state index in [1.807, 2.05) is 35.2 Å². The van der Waals surface area contributed by atoms with Gasteiger partial charge in [0, 0.05) is 44.2 Å². The Balaban J connectivity index is 1.08. The molecule has 3 N–H and O–H groups in total. The quantitative estimate of drug-likeness (QED) is 0.371. The van der Waals surface area contributed by atoms with Gasteiger partial charge in [-0.15, -0.1) is 11.8 Å². The van der Waals surface area contributed by atoms with Crippen LogP contribution in [-0.2, 0) is 17.8 Å². The van der Waals surface area contributed by atoms with Gasteiger partial charge in [0.25, 0.3) is 0 Å². The number of carbonyl (C=O) groups is 1. The number of likely N-dealkylation sites (tertiary alicyclic amines) is 1. The summed E-state index contributed by atoms with van der Waals surface area (Å²) in [5.41, 5.74) is 11.4. The lowest BCUT2D eigenvalue weighted by Gasteiger charge is -2.39. The molecule has 0 aromatic heterocycles. The molecule has 3 aromatic rings. The van der Waals surface area contributed by atoms with Crippen molar-refractivity contribution in [3.8, 4) is 16.9 Å². The molecule has 7 heteroatoms. The fourth-order valence-corrected chi connectivity index (χ4v) is 6.71. The minimum absolute atomic E-state index is 0.124. The van der Waals surface area contributed by atoms with Crippen LogP contribution < -0.4 is 5.73 Å². The normalized spacial score (nSPS) is 18.1. The first-order valence-corrected chi connectivity index (χ1v) is 15.7. The van der Waals surface area contributed by atoms with Crippen LogP contribution >= 0.6 is 11.8 Å². The number of amides is 1. The van der Waals surface area contributed by atoms with Gasteiger partial charge in [0.1, 0.15) is 5.75 Å². The van der Waals surface area contributed by atoms with Gasteiger partial charge in [0.2, 0.25) is 5.91 Å². The van der Waals surface area contributed by atoms with E-state index in [4.69, 9.17) is 5.73 Å². The van der Waals surface area contributed by atoms with Crippen LogP contribution in [0.2, 0.25) is 0 Å². The molecule has 2 aliphatic rings. The SMILES string of the molecule is CSc1ccccc1CN1CCN(C(=O)[C@H](N)C2CCN(CCc3ccc(O)cc3-c3ccccc3)CC2)CC1. The average Bonchev–Trinajstić information content (AvgIpc) is 3.01. The fraction of sp³-hybridized carbons (Fsp3) is 0.424. The Morgan fingerprint density at radius 2 is 1.60 bits per heavy atom. The van der Waals surface area contributed by atoms with Crippen molar-refractivity contribution in [3.63, 3.8) is 0 Å². The summed E-state index contributed by atoms with van der Waals surface area (Å²) in [7, 11) is 0. The summed E-state index contributed by atoms with van der Waals surface area (Å²) in [4.78, 5) is 21.5. The molecule has 1 amide bonds. The lowest BCUT2D eigenvalue weighted by molar-refractivity contribution is -0.136. The first-order chi connectivity index (χ1) is 19.5. The van der Waals surface area contributed by atoms with Crippen LogP contribution in [0.3, 0.4) is 0 Å². The number of nitrogens with two attached hydrogens (primary N) is 1. The number of piperidine rings is 1. The summed E-state index contributed by atoms with van der Waals surface area (Å²) in [5, 5.41) is 10.1. The molecule has 0 spiro atoms. The molecular weight excluding hydrogens is 516 g/mol. The van der Waals surface area contributed by atoms with Crippen molar-refractivity contribution in [3.05, 3.63) is 83.9 Å². The molecule has 2 saturated heterocycles. The van der Waals surface area contributed by atoms with Crippen molar-refractivity contribution in [2.24, 2.45) is 11.7 Å². The monoisotopic (exact) mass is 558 g/mol. The lowest BCUT2D eigenvalue weighted by Crippen LogP contribution is -2.55. The zero-order valence-electron chi connectivity index (χ0n) is 23.5. The Kier molecular flexibility index (Phi) is 9.81. The van der Waals surface area contributed by atoms with Gasteiger partial charge in [-0.05, 0) is 85.0 Å². The molecule has 2 aliphatic heterocycles. The molecule has 2 fully saturated rings. The maximum atomic E-state index is 13.3. The zero-order chi connectivity index (χ0) is 27.9. The minimum Gasteiger partial charge on any atom is -0.508 e. The second-order valence-corrected chi connectivity index (χ2v) is 11.9. The van der Waals surface area contributed by atoms with Crippen LogP contribution in [0, 0.1) is 5.92 Å². The second kappa shape index (κ2) is 13.7. The van der Waals surface area contributed by atoms with Gasteiger partial charge in [-0.25, -0.2) is 0 Å². The molecule has 2 heterocycles. The number of piperazine rings is 1. The molecule has 0 bridgehead atoms. The van der Waals surface area contributed by atoms with Crippen LogP contribution in [0.5, 0.6) is 5.75 Å². The highest BCUT2D eigenvalue weighted by molar-refractivity contribution is 7.98. The maximum absolute atomic E-state index is 13.3. The largest absolute Gasteiger partial charge is 0.508 e. The van der Waals surface area contributed by atoms with Crippen molar-refractivity contribution >= 4 is 17.7 Å². The van der Waals surface area contributed by atoms with E-state index in [0.717, 1.165) is 82.7 Å². The number of aromatic hydroxyl groups is 1. The van der Waals surface area contributed by atoms with E-state index in [-0.39, 0.29) is 11.8 Å². The topological polar surface area (TPSA) is 73.0 Å². The number of phenolic OH excluding ortho intramolecular Hbond substituents is 1. The van der Waals surface area contributed by atoms with Crippen molar-refractivity contribution in [1.29, 1.82) is 0 Å². The Hall–Kier alpha value is -2.84. The van der Waals surface area contributed by atoms with Gasteiger partial charge in [-0.3, -0.25) is 9.69 Å². The van der Waals surface area contributed by atoms with E-state index in [9.17, 15) is 9.90 Å². The fourth-order valence-electron chi connectivity index (χ4n) is 6.10. The number of thioether (sulfide) groups is 1. The van der Waals surface area contributed by atoms with Gasteiger partial charge < -0.3 is 20.6 Å². The lowest BCUT2D eigenvalue weighted by atomic mass is 9.88. The number of hydrogen-bond acceptors (Lipinski definition) is 6. The predicted octanol–water partition coefficient (Wildman–Crippen LogP) is 4.71. The summed E-state index contributed by atoms with van der Waals surface area (Å²) in [6.07, 6.45) is 4.96. The van der Waals surface area contributed by atoms with Crippen LogP contribution in [0.4, 0.5) is 0 Å². The highest BCUT2D eigenvalue weighted by Crippen LogP contribution is 2.29. The molecule has 0 radical (unpaired) electrons. The molecule has 0 saturated carbocycles. The number of benzene rings is 3. The second-order valence-electron chi connectivity index (χ2n) is 11.1. The van der Waals surface area contributed by atoms with E-state index < -0.39 is 6.04 Å². The predicted molar refractivity (Wildman–Crippen MR) is 164 cm³/mol. The van der Waals surface area contributed by atoms with Crippen molar-refractivity contribution in [2.75, 3.05) is 52.1 Å². The summed E-state index contributed by atoms with van der Waals surface area (Å²) in [6.45, 7) is 7.11. The van der Waals surface area contributed by atoms with Gasteiger partial charge in [-0.1, -0.05) is 54.6 Å². The molecule has 1 atom stereocenters. The van der Waals surface area contributed by atoms with Gasteiger partial charge in [-0.2, -0.15) is 0 Å². The summed E-state index contributed by atoms with van der Waals surface area (Å²) in [5.74, 6) is 0.660. The van der Waals surface area contributed by atoms with E-state index in [1.165, 1.54) is 16.0 Å². The number of rotatable bonds is 9. The number of hydrogen-bond donors (Lipinski definition) is 2. The summed E-state index contributed by atoms with van der Waals surface area (Å²) >= 11 is 1.79. The highest BCUT2D eigenvalue weighted by atomic mass is 32.2. The molecule has 3 aromatic carbocycles. The number of phenols is 1. The number of nitrogens with zero attached hydrogens (tertiary/aromatic N) is 3. The third-order valence-electron chi connectivity index (χ3n) is 8.57. The Labute approximate surface area is 243 Å². The van der Waals surface area contributed by atoms with Gasteiger partial charge >= 0.3 is 0 Å². The maximum Gasteiger partial charge on any atom is 0.239 e. The molecule has 5 rings (SSSR count). The third-order valence-corrected chi connectivity index (χ3v) is 9.41. The molecule has 212 valence electrons. The van der Waals surface area contributed by atoms with Crippen LogP contribution in [0.1, 0.15) is 24.0 Å². The van der Waals surface area contributed by atoms with E-state index >= 15 is 0 Å². The Morgan fingerprint density at radius 1 is 0.900 bits per heavy atom. The van der Waals surface area contributed by atoms with Gasteiger partial charge in [0.05, 0.1) is 6.04 Å². The highest BCUT2D eigenvalue weighted by Gasteiger charge is 2.32. The van der Waals surface area contributed by atoms with Crippen molar-refractivity contribution in [1.82, 2.24) is 14.7 Å². The third kappa shape index (κ3) is 7.07. The van der Waals surface area contributed by atoms with Gasteiger partial charge in [0.15, 0.2) is 0 Å². The van der Waals surface area contributed by atoms with E-state index in [2.05, 4.69) is 52.5 Å². The van der Waals surface area contributed by atoms with Crippen LogP contribution in [0.25, 0.3) is 11.1 Å². The first-order valence-electron chi connectivity index (χ1n) is 14.5. The smallest absolute Gasteiger partial charge is 0.239 e. The average molecular weight is 559 g/mol. The van der Waals surface area contributed by atoms with Crippen LogP contribution in [-0.4, -0.2) is 83.8 Å². The molecule has 0 unspecified atom stereocenters. The van der Waals surface area contributed by atoms with E-state index in [1.54, 1.807) is 17.8 Å². The Bertz CT molecular complexity index is 1250. The summed E-state index contributed by atoms with van der Waals surface area (Å²) < 4.78 is 0. The Morgan fingerprint density at radius 3 is 2.33 bits per heavy atom. The molecule has 40 heavy (non-hydrogen) atoms. The summed E-state index contributed by atoms with van der Waals surface area (Å²) in [6, 6.07) is 24.1. The molecular formula is C33H42N4O2S. The molecule has 6 nitrogen and oxygen atoms in total. The first kappa shape index (κ1) is 28.7. The number of carbonyl (C=O) groups excluding carboxylic acids is 1. The standard InChI is InChI=1S/C33H42N4O2S/c1-40-31-10-6-5-9-28(31)24-36-19-21-37(22-20-36)33(39)32(34)27-14-17-35(18-15-27)16-13-26-11-12-29(38)23-30(26)25-7-3-2-4-8-25/h2-12,23,27,32,38H,13-22,24,34H2,1H3/t32-/m1/s1. The van der Waals surface area contributed by atoms with Crippen LogP contribution in [0.15, 0.2) is 77.7 Å². The van der Waals surface area contributed by atoms with E-state index in [0.29, 0.717) is 5.75 Å². The molecule has 0 aliphatic carbocycles. The van der Waals surface area contributed by atoms with Crippen molar-refractivity contribution < 1.29 is 9.90 Å². The van der Waals surface area contributed by atoms with Crippen molar-refractivity contribution in [2.45, 2.75) is 36.7 Å². The zero-order valence-corrected chi connectivity index (χ0v) is 24.4.